The first kappa shape index (κ1) is 33.0. The predicted molar refractivity (Wildman–Crippen MR) is 141 cm³/mol. The molecule has 39 heavy (non-hydrogen) atoms. The second-order valence-electron chi connectivity index (χ2n) is 8.93. The van der Waals surface area contributed by atoms with E-state index in [9.17, 15) is 4.79 Å². The van der Waals surface area contributed by atoms with Gasteiger partial charge in [-0.2, -0.15) is 31.6 Å². The van der Waals surface area contributed by atoms with E-state index in [1.807, 2.05) is 12.1 Å². The summed E-state index contributed by atoms with van der Waals surface area (Å²) in [6, 6.07) is 12.4. The molecule has 0 atom stereocenters. The van der Waals surface area contributed by atoms with Crippen molar-refractivity contribution in [1.82, 2.24) is 34.7 Å². The van der Waals surface area contributed by atoms with Crippen LogP contribution in [0.5, 0.6) is 0 Å². The largest absolute Gasteiger partial charge is 0.322 e. The molecular weight excluding hydrogens is 498 g/mol. The van der Waals surface area contributed by atoms with E-state index in [1.165, 1.54) is 0 Å². The number of carbonyl (C=O) groups excluding carboxylic acids is 1. The van der Waals surface area contributed by atoms with Crippen LogP contribution in [0.25, 0.3) is 0 Å². The number of nitrogens with zero attached hydrogens (tertiary/aromatic N) is 12. The number of carbonyl (C=O) groups is 1. The molecular formula is C25H37N13O. The SMILES string of the molecule is N#CCN(CC#N)CCNCCN1CCN(CCN(CCN(CC#N)CC#N)CCN(CC#N)CC#N)C1=O. The Kier molecular flexibility index (Phi) is 17.8. The monoisotopic (exact) mass is 535 g/mol. The third kappa shape index (κ3) is 13.9. The molecule has 1 rings (SSSR count). The number of urea groups is 1. The average Bonchev–Trinajstić information content (AvgIpc) is 3.27. The summed E-state index contributed by atoms with van der Waals surface area (Å²) in [6.45, 7) is 7.95. The zero-order chi connectivity index (χ0) is 28.7. The quantitative estimate of drug-likeness (QED) is 0.135. The van der Waals surface area contributed by atoms with E-state index >= 15 is 0 Å². The number of nitrogens with one attached hydrogen (secondary N) is 1. The lowest BCUT2D eigenvalue weighted by atomic mass is 10.3. The van der Waals surface area contributed by atoms with Gasteiger partial charge in [0.2, 0.25) is 0 Å². The number of amides is 2. The van der Waals surface area contributed by atoms with Crippen LogP contribution in [0.2, 0.25) is 0 Å². The van der Waals surface area contributed by atoms with Gasteiger partial charge in [-0.15, -0.1) is 0 Å². The Morgan fingerprint density at radius 2 is 0.923 bits per heavy atom. The number of rotatable bonds is 21. The molecule has 1 saturated heterocycles. The highest BCUT2D eigenvalue weighted by Gasteiger charge is 2.28. The molecule has 0 aliphatic carbocycles. The predicted octanol–water partition coefficient (Wildman–Crippen LogP) is -1.34. The minimum Gasteiger partial charge on any atom is -0.322 e. The van der Waals surface area contributed by atoms with Crippen molar-refractivity contribution in [2.75, 3.05) is 118 Å². The summed E-state index contributed by atoms with van der Waals surface area (Å²) in [4.78, 5) is 23.9. The minimum absolute atomic E-state index is 0.0292. The van der Waals surface area contributed by atoms with Gasteiger partial charge in [-0.3, -0.25) is 19.6 Å². The smallest absolute Gasteiger partial charge is 0.320 e. The van der Waals surface area contributed by atoms with Crippen molar-refractivity contribution in [2.24, 2.45) is 0 Å². The van der Waals surface area contributed by atoms with Crippen molar-refractivity contribution in [1.29, 1.82) is 31.6 Å². The van der Waals surface area contributed by atoms with Gasteiger partial charge in [0.25, 0.3) is 0 Å². The molecule has 208 valence electrons. The molecule has 1 heterocycles. The van der Waals surface area contributed by atoms with Crippen LogP contribution in [0.15, 0.2) is 0 Å². The molecule has 0 aromatic rings. The van der Waals surface area contributed by atoms with Gasteiger partial charge in [-0.1, -0.05) is 0 Å². The Bertz CT molecular complexity index is 889. The van der Waals surface area contributed by atoms with Gasteiger partial charge in [-0.25, -0.2) is 4.79 Å². The summed E-state index contributed by atoms with van der Waals surface area (Å²) >= 11 is 0. The molecule has 0 saturated carbocycles. The van der Waals surface area contributed by atoms with Crippen LogP contribution in [0, 0.1) is 68.0 Å². The highest BCUT2D eigenvalue weighted by atomic mass is 16.2. The van der Waals surface area contributed by atoms with Crippen molar-refractivity contribution in [3.8, 4) is 36.4 Å². The third-order valence-electron chi connectivity index (χ3n) is 6.26. The maximum absolute atomic E-state index is 12.9. The molecule has 14 heteroatoms. The second-order valence-corrected chi connectivity index (χ2v) is 8.93. The van der Waals surface area contributed by atoms with Crippen LogP contribution >= 0.6 is 0 Å². The lowest BCUT2D eigenvalue weighted by Crippen LogP contribution is -2.44. The minimum atomic E-state index is -0.0292. The van der Waals surface area contributed by atoms with Gasteiger partial charge in [0.15, 0.2) is 0 Å². The van der Waals surface area contributed by atoms with Gasteiger partial charge in [0.05, 0.1) is 75.7 Å². The lowest BCUT2D eigenvalue weighted by molar-refractivity contribution is 0.169. The number of hydrogen-bond acceptors (Lipinski definition) is 12. The topological polar surface area (TPSA) is 191 Å². The van der Waals surface area contributed by atoms with E-state index in [0.29, 0.717) is 78.5 Å². The van der Waals surface area contributed by atoms with E-state index in [0.717, 1.165) is 0 Å². The fraction of sp³-hybridized carbons (Fsp3) is 0.720. The molecule has 2 amide bonds. The molecule has 1 N–H and O–H groups in total. The normalized spacial score (nSPS) is 12.8. The lowest BCUT2D eigenvalue weighted by Gasteiger charge is -2.29. The van der Waals surface area contributed by atoms with Gasteiger partial charge in [0, 0.05) is 78.5 Å². The van der Waals surface area contributed by atoms with Crippen LogP contribution in [0.3, 0.4) is 0 Å². The molecule has 1 aliphatic heterocycles. The number of hydrogen-bond donors (Lipinski definition) is 1. The Balaban J connectivity index is 2.56. The van der Waals surface area contributed by atoms with Gasteiger partial charge >= 0.3 is 6.03 Å². The zero-order valence-electron chi connectivity index (χ0n) is 22.5. The standard InChI is InChI=1S/C25H37N13O/c26-1-9-33(10-2-27)15-7-32-8-16-37-23-24-38(25(37)39)22-21-36(19-17-34(11-3-28)12-4-29)20-18-35(13-5-30)14-6-31/h32H,7-24H2. The van der Waals surface area contributed by atoms with Gasteiger partial charge in [0.1, 0.15) is 0 Å². The van der Waals surface area contributed by atoms with E-state index in [-0.39, 0.29) is 45.3 Å². The Morgan fingerprint density at radius 3 is 1.36 bits per heavy atom. The number of nitriles is 6. The molecule has 0 unspecified atom stereocenters. The Hall–Kier alpha value is -3.99. The summed E-state index contributed by atoms with van der Waals surface area (Å²) < 4.78 is 0. The van der Waals surface area contributed by atoms with Gasteiger partial charge in [-0.05, 0) is 0 Å². The van der Waals surface area contributed by atoms with Crippen molar-refractivity contribution < 1.29 is 4.79 Å². The third-order valence-corrected chi connectivity index (χ3v) is 6.26. The summed E-state index contributed by atoms with van der Waals surface area (Å²) in [5.74, 6) is 0. The Morgan fingerprint density at radius 1 is 0.538 bits per heavy atom. The van der Waals surface area contributed by atoms with Gasteiger partial charge < -0.3 is 15.1 Å². The van der Waals surface area contributed by atoms with Crippen molar-refractivity contribution in [3.63, 3.8) is 0 Å². The molecule has 0 aromatic heterocycles. The fourth-order valence-electron chi connectivity index (χ4n) is 4.03. The van der Waals surface area contributed by atoms with E-state index < -0.39 is 0 Å². The molecule has 1 aliphatic rings. The first-order valence-corrected chi connectivity index (χ1v) is 12.9. The molecule has 14 nitrogen and oxygen atoms in total. The molecule has 0 bridgehead atoms. The fourth-order valence-corrected chi connectivity index (χ4v) is 4.03. The average molecular weight is 536 g/mol. The van der Waals surface area contributed by atoms with Crippen molar-refractivity contribution >= 4 is 6.03 Å². The summed E-state index contributed by atoms with van der Waals surface area (Å²) in [7, 11) is 0. The first-order chi connectivity index (χ1) is 19.0. The van der Waals surface area contributed by atoms with Crippen LogP contribution in [0.4, 0.5) is 4.79 Å². The second kappa shape index (κ2) is 21.0. The summed E-state index contributed by atoms with van der Waals surface area (Å²) in [6.07, 6.45) is 0. The summed E-state index contributed by atoms with van der Waals surface area (Å²) in [5, 5.41) is 57.0. The zero-order valence-corrected chi connectivity index (χ0v) is 22.5. The van der Waals surface area contributed by atoms with E-state index in [2.05, 4.69) is 34.5 Å². The van der Waals surface area contributed by atoms with E-state index in [1.54, 1.807) is 24.5 Å². The van der Waals surface area contributed by atoms with Crippen LogP contribution in [-0.4, -0.2) is 153 Å². The molecule has 0 spiro atoms. The molecule has 0 radical (unpaired) electrons. The highest BCUT2D eigenvalue weighted by molar-refractivity contribution is 5.76. The summed E-state index contributed by atoms with van der Waals surface area (Å²) in [5.41, 5.74) is 0. The molecule has 0 aromatic carbocycles. The van der Waals surface area contributed by atoms with Crippen LogP contribution in [-0.2, 0) is 0 Å². The van der Waals surface area contributed by atoms with Crippen molar-refractivity contribution in [3.05, 3.63) is 0 Å². The first-order valence-electron chi connectivity index (χ1n) is 12.9. The van der Waals surface area contributed by atoms with E-state index in [4.69, 9.17) is 31.6 Å². The van der Waals surface area contributed by atoms with Crippen molar-refractivity contribution in [2.45, 2.75) is 0 Å². The van der Waals surface area contributed by atoms with Crippen LogP contribution < -0.4 is 5.32 Å². The molecule has 1 fully saturated rings. The maximum atomic E-state index is 12.9. The maximum Gasteiger partial charge on any atom is 0.320 e. The highest BCUT2D eigenvalue weighted by Crippen LogP contribution is 2.08. The van der Waals surface area contributed by atoms with Crippen LogP contribution in [0.1, 0.15) is 0 Å². The Labute approximate surface area is 231 Å².